The molecule has 18 heavy (non-hydrogen) atoms. The number of nitrogens with zero attached hydrogens (tertiary/aromatic N) is 2. The zero-order valence-corrected chi connectivity index (χ0v) is 10.6. The van der Waals surface area contributed by atoms with Gasteiger partial charge in [0.15, 0.2) is 0 Å². The van der Waals surface area contributed by atoms with Crippen LogP contribution in [-0.2, 0) is 0 Å². The van der Waals surface area contributed by atoms with E-state index in [-0.39, 0.29) is 0 Å². The first-order chi connectivity index (χ1) is 8.88. The molecule has 0 fully saturated rings. The number of fused-ring (bicyclic) bond motifs is 5. The molecule has 3 aromatic heterocycles. The number of ether oxygens (including phenoxy) is 1. The summed E-state index contributed by atoms with van der Waals surface area (Å²) in [5.74, 6) is 0.680. The van der Waals surface area contributed by atoms with Gasteiger partial charge in [-0.05, 0) is 18.2 Å². The maximum Gasteiger partial charge on any atom is 0.239 e. The second kappa shape index (κ2) is 3.46. The first-order valence-electron chi connectivity index (χ1n) is 5.71. The summed E-state index contributed by atoms with van der Waals surface area (Å²) < 4.78 is 8.77. The van der Waals surface area contributed by atoms with Crippen molar-refractivity contribution in [2.24, 2.45) is 0 Å². The third-order valence-corrected chi connectivity index (χ3v) is 4.21. The minimum Gasteiger partial charge on any atom is -0.479 e. The molecule has 0 N–H and O–H groups in total. The zero-order valence-electron chi connectivity index (χ0n) is 9.75. The second-order valence-corrected chi connectivity index (χ2v) is 5.17. The monoisotopic (exact) mass is 254 g/mol. The van der Waals surface area contributed by atoms with Crippen LogP contribution < -0.4 is 4.74 Å². The third kappa shape index (κ3) is 1.15. The van der Waals surface area contributed by atoms with E-state index >= 15 is 0 Å². The van der Waals surface area contributed by atoms with Crippen LogP contribution in [0.4, 0.5) is 0 Å². The molecule has 4 rings (SSSR count). The van der Waals surface area contributed by atoms with E-state index < -0.39 is 0 Å². The van der Waals surface area contributed by atoms with Crippen LogP contribution in [0.3, 0.4) is 0 Å². The first kappa shape index (κ1) is 9.91. The summed E-state index contributed by atoms with van der Waals surface area (Å²) >= 11 is 1.70. The van der Waals surface area contributed by atoms with E-state index in [1.54, 1.807) is 18.4 Å². The van der Waals surface area contributed by atoms with Gasteiger partial charge in [-0.15, -0.1) is 11.3 Å². The fraction of sp³-hybridized carbons (Fsp3) is 0.0714. The van der Waals surface area contributed by atoms with E-state index in [2.05, 4.69) is 39.8 Å². The Kier molecular flexibility index (Phi) is 1.91. The zero-order chi connectivity index (χ0) is 12.1. The Hall–Kier alpha value is -2.07. The van der Waals surface area contributed by atoms with Gasteiger partial charge in [-0.2, -0.15) is 4.98 Å². The first-order valence-corrected chi connectivity index (χ1v) is 6.52. The number of thiophene rings is 1. The summed E-state index contributed by atoms with van der Waals surface area (Å²) in [6, 6.07) is 12.4. The number of hydrogen-bond donors (Lipinski definition) is 0. The highest BCUT2D eigenvalue weighted by atomic mass is 32.1. The lowest BCUT2D eigenvalue weighted by Gasteiger charge is -2.04. The van der Waals surface area contributed by atoms with Gasteiger partial charge >= 0.3 is 0 Å². The van der Waals surface area contributed by atoms with Gasteiger partial charge in [0.1, 0.15) is 10.3 Å². The molecule has 0 spiro atoms. The van der Waals surface area contributed by atoms with Gasteiger partial charge in [0.25, 0.3) is 0 Å². The van der Waals surface area contributed by atoms with E-state index in [0.717, 1.165) is 15.9 Å². The van der Waals surface area contributed by atoms with Crippen molar-refractivity contribution >= 4 is 37.3 Å². The predicted octanol–water partition coefficient (Wildman–Crippen LogP) is 3.71. The number of benzene rings is 1. The Morgan fingerprint density at radius 1 is 1.17 bits per heavy atom. The minimum absolute atomic E-state index is 0.680. The summed E-state index contributed by atoms with van der Waals surface area (Å²) in [5.41, 5.74) is 2.17. The van der Waals surface area contributed by atoms with Crippen molar-refractivity contribution in [3.63, 3.8) is 0 Å². The van der Waals surface area contributed by atoms with Crippen LogP contribution >= 0.6 is 11.3 Å². The average molecular weight is 254 g/mol. The predicted molar refractivity (Wildman–Crippen MR) is 74.6 cm³/mol. The molecule has 0 amide bonds. The highest BCUT2D eigenvalue weighted by molar-refractivity contribution is 7.25. The van der Waals surface area contributed by atoms with Gasteiger partial charge in [0.2, 0.25) is 5.88 Å². The third-order valence-electron chi connectivity index (χ3n) is 3.16. The summed E-state index contributed by atoms with van der Waals surface area (Å²) in [5, 5.41) is 1.24. The Morgan fingerprint density at radius 2 is 2.06 bits per heavy atom. The van der Waals surface area contributed by atoms with Crippen LogP contribution in [0.1, 0.15) is 0 Å². The molecule has 0 unspecified atom stereocenters. The molecule has 4 heteroatoms. The summed E-state index contributed by atoms with van der Waals surface area (Å²) in [6.07, 6.45) is 2.06. The van der Waals surface area contributed by atoms with Crippen LogP contribution in [-0.4, -0.2) is 16.5 Å². The van der Waals surface area contributed by atoms with Gasteiger partial charge in [0.05, 0.1) is 12.6 Å². The fourth-order valence-corrected chi connectivity index (χ4v) is 3.44. The highest BCUT2D eigenvalue weighted by Gasteiger charge is 2.13. The largest absolute Gasteiger partial charge is 0.479 e. The second-order valence-electron chi connectivity index (χ2n) is 4.14. The normalized spacial score (nSPS) is 11.6. The van der Waals surface area contributed by atoms with Crippen molar-refractivity contribution in [1.29, 1.82) is 0 Å². The molecule has 0 radical (unpaired) electrons. The molecule has 3 heterocycles. The molecule has 0 aliphatic rings. The van der Waals surface area contributed by atoms with E-state index in [9.17, 15) is 0 Å². The number of methoxy groups -OCH3 is 1. The Labute approximate surface area is 107 Å². The number of aromatic nitrogens is 2. The van der Waals surface area contributed by atoms with Gasteiger partial charge in [-0.1, -0.05) is 18.2 Å². The lowest BCUT2D eigenvalue weighted by molar-refractivity contribution is 0.403. The molecule has 0 saturated heterocycles. The summed E-state index contributed by atoms with van der Waals surface area (Å²) in [4.78, 5) is 5.62. The van der Waals surface area contributed by atoms with E-state index in [1.807, 2.05) is 12.1 Å². The quantitative estimate of drug-likeness (QED) is 0.517. The number of rotatable bonds is 1. The molecule has 0 aliphatic carbocycles. The number of hydrogen-bond acceptors (Lipinski definition) is 3. The molecule has 88 valence electrons. The van der Waals surface area contributed by atoms with Crippen molar-refractivity contribution in [3.8, 4) is 5.88 Å². The Balaban J connectivity index is 2.34. The van der Waals surface area contributed by atoms with Crippen molar-refractivity contribution in [3.05, 3.63) is 42.6 Å². The van der Waals surface area contributed by atoms with Crippen molar-refractivity contribution in [2.75, 3.05) is 7.11 Å². The van der Waals surface area contributed by atoms with Crippen molar-refractivity contribution in [2.45, 2.75) is 0 Å². The molecule has 0 saturated carbocycles. The summed E-state index contributed by atoms with van der Waals surface area (Å²) in [7, 11) is 1.66. The lowest BCUT2D eigenvalue weighted by atomic mass is 10.2. The molecule has 0 atom stereocenters. The van der Waals surface area contributed by atoms with Gasteiger partial charge in [-0.3, -0.25) is 0 Å². The fourth-order valence-electron chi connectivity index (χ4n) is 2.38. The van der Waals surface area contributed by atoms with Crippen molar-refractivity contribution < 1.29 is 4.74 Å². The standard InChI is InChI=1S/C14H10N2OS/c1-17-13-10-6-4-8-16(10)12-9-5-2-3-7-11(9)18-14(12)15-13/h2-8H,1H3. The van der Waals surface area contributed by atoms with E-state index in [0.29, 0.717) is 5.88 Å². The Bertz CT molecular complexity index is 875. The topological polar surface area (TPSA) is 26.5 Å². The van der Waals surface area contributed by atoms with Crippen LogP contribution in [0.2, 0.25) is 0 Å². The highest BCUT2D eigenvalue weighted by Crippen LogP contribution is 2.35. The maximum absolute atomic E-state index is 5.36. The Morgan fingerprint density at radius 3 is 2.94 bits per heavy atom. The molecule has 1 aromatic carbocycles. The molecule has 0 bridgehead atoms. The smallest absolute Gasteiger partial charge is 0.239 e. The molecular weight excluding hydrogens is 244 g/mol. The van der Waals surface area contributed by atoms with E-state index in [1.165, 1.54) is 10.1 Å². The van der Waals surface area contributed by atoms with Crippen LogP contribution in [0.25, 0.3) is 25.9 Å². The molecular formula is C14H10N2OS. The van der Waals surface area contributed by atoms with Crippen molar-refractivity contribution in [1.82, 2.24) is 9.38 Å². The minimum atomic E-state index is 0.680. The lowest BCUT2D eigenvalue weighted by Crippen LogP contribution is -1.93. The maximum atomic E-state index is 5.36. The van der Waals surface area contributed by atoms with Crippen LogP contribution in [0.15, 0.2) is 42.6 Å². The van der Waals surface area contributed by atoms with Crippen LogP contribution in [0.5, 0.6) is 5.88 Å². The SMILES string of the molecule is COc1nc2sc3ccccc3c2n2cccc12. The average Bonchev–Trinajstić information content (AvgIpc) is 3.00. The van der Waals surface area contributed by atoms with Gasteiger partial charge < -0.3 is 9.14 Å². The molecule has 0 aliphatic heterocycles. The van der Waals surface area contributed by atoms with Gasteiger partial charge in [0, 0.05) is 16.3 Å². The molecule has 3 nitrogen and oxygen atoms in total. The molecule has 4 aromatic rings. The van der Waals surface area contributed by atoms with Crippen LogP contribution in [0, 0.1) is 0 Å². The van der Waals surface area contributed by atoms with E-state index in [4.69, 9.17) is 4.74 Å². The summed E-state index contributed by atoms with van der Waals surface area (Å²) in [6.45, 7) is 0. The van der Waals surface area contributed by atoms with Gasteiger partial charge in [-0.25, -0.2) is 0 Å².